The van der Waals surface area contributed by atoms with Crippen LogP contribution in [0.1, 0.15) is 74.2 Å². The normalized spacial score (nSPS) is 14.4. The third-order valence-electron chi connectivity index (χ3n) is 5.64. The van der Waals surface area contributed by atoms with Gasteiger partial charge in [0.1, 0.15) is 5.69 Å². The van der Waals surface area contributed by atoms with Crippen molar-refractivity contribution in [1.29, 1.82) is 0 Å². The SMILES string of the molecule is CC(NC(=O)c1cc(C2CC2)nn1C(C)(C)C)c1ccc(NC(=O)Nc2ccccc2)cc1. The van der Waals surface area contributed by atoms with Crippen LogP contribution >= 0.6 is 0 Å². The topological polar surface area (TPSA) is 88.1 Å². The molecule has 33 heavy (non-hydrogen) atoms. The predicted molar refractivity (Wildman–Crippen MR) is 131 cm³/mol. The Morgan fingerprint density at radius 2 is 1.58 bits per heavy atom. The van der Waals surface area contributed by atoms with Crippen LogP contribution in [0.3, 0.4) is 0 Å². The molecule has 0 saturated heterocycles. The number of amides is 3. The van der Waals surface area contributed by atoms with Gasteiger partial charge in [0.15, 0.2) is 0 Å². The lowest BCUT2D eigenvalue weighted by atomic mass is 10.1. The summed E-state index contributed by atoms with van der Waals surface area (Å²) in [5.41, 5.74) is 3.66. The predicted octanol–water partition coefficient (Wildman–Crippen LogP) is 5.65. The quantitative estimate of drug-likeness (QED) is 0.458. The van der Waals surface area contributed by atoms with E-state index in [1.54, 1.807) is 0 Å². The van der Waals surface area contributed by atoms with Gasteiger partial charge in [0.05, 0.1) is 17.3 Å². The number of nitrogens with zero attached hydrogens (tertiary/aromatic N) is 2. The lowest BCUT2D eigenvalue weighted by molar-refractivity contribution is 0.0921. The highest BCUT2D eigenvalue weighted by Crippen LogP contribution is 2.40. The highest BCUT2D eigenvalue weighted by molar-refractivity contribution is 5.99. The van der Waals surface area contributed by atoms with Crippen molar-refractivity contribution in [2.45, 2.75) is 58.0 Å². The first-order chi connectivity index (χ1) is 15.7. The molecular formula is C26H31N5O2. The van der Waals surface area contributed by atoms with Crippen LogP contribution in [0.25, 0.3) is 0 Å². The maximum Gasteiger partial charge on any atom is 0.323 e. The first kappa shape index (κ1) is 22.6. The number of benzene rings is 2. The Hall–Kier alpha value is -3.61. The van der Waals surface area contributed by atoms with Gasteiger partial charge in [-0.2, -0.15) is 5.10 Å². The van der Waals surface area contributed by atoms with Gasteiger partial charge in [-0.15, -0.1) is 0 Å². The summed E-state index contributed by atoms with van der Waals surface area (Å²) in [6.07, 6.45) is 2.28. The van der Waals surface area contributed by atoms with Crippen molar-refractivity contribution < 1.29 is 9.59 Å². The zero-order chi connectivity index (χ0) is 23.6. The number of rotatable bonds is 6. The fourth-order valence-electron chi connectivity index (χ4n) is 3.68. The highest BCUT2D eigenvalue weighted by Gasteiger charge is 2.31. The van der Waals surface area contributed by atoms with E-state index in [1.165, 1.54) is 0 Å². The number of carbonyl (C=O) groups excluding carboxylic acids is 2. The summed E-state index contributed by atoms with van der Waals surface area (Å²) in [5, 5.41) is 13.4. The van der Waals surface area contributed by atoms with E-state index in [0.29, 0.717) is 17.3 Å². The molecule has 3 N–H and O–H groups in total. The van der Waals surface area contributed by atoms with Crippen LogP contribution in [0.5, 0.6) is 0 Å². The van der Waals surface area contributed by atoms with E-state index in [4.69, 9.17) is 5.10 Å². The minimum Gasteiger partial charge on any atom is -0.344 e. The molecule has 1 aliphatic carbocycles. The summed E-state index contributed by atoms with van der Waals surface area (Å²) in [4.78, 5) is 25.3. The third kappa shape index (κ3) is 5.61. The van der Waals surface area contributed by atoms with E-state index < -0.39 is 0 Å². The molecule has 0 radical (unpaired) electrons. The minimum atomic E-state index is -0.308. The summed E-state index contributed by atoms with van der Waals surface area (Å²) in [6, 6.07) is 18.2. The molecule has 4 rings (SSSR count). The molecule has 7 nitrogen and oxygen atoms in total. The number of para-hydroxylation sites is 1. The number of anilines is 2. The van der Waals surface area contributed by atoms with Crippen molar-refractivity contribution in [2.75, 3.05) is 10.6 Å². The van der Waals surface area contributed by atoms with Crippen LogP contribution in [-0.4, -0.2) is 21.7 Å². The molecule has 1 aliphatic rings. The van der Waals surface area contributed by atoms with Gasteiger partial charge < -0.3 is 16.0 Å². The summed E-state index contributed by atoms with van der Waals surface area (Å²) < 4.78 is 1.83. The number of urea groups is 1. The molecule has 1 atom stereocenters. The lowest BCUT2D eigenvalue weighted by Gasteiger charge is -2.23. The largest absolute Gasteiger partial charge is 0.344 e. The molecule has 2 aromatic carbocycles. The van der Waals surface area contributed by atoms with E-state index >= 15 is 0 Å². The zero-order valence-electron chi connectivity index (χ0n) is 19.6. The fourth-order valence-corrected chi connectivity index (χ4v) is 3.68. The molecule has 1 aromatic heterocycles. The average molecular weight is 446 g/mol. The van der Waals surface area contributed by atoms with E-state index in [-0.39, 0.29) is 23.5 Å². The number of hydrogen-bond acceptors (Lipinski definition) is 3. The summed E-state index contributed by atoms with van der Waals surface area (Å²) >= 11 is 0. The van der Waals surface area contributed by atoms with Crippen molar-refractivity contribution in [1.82, 2.24) is 15.1 Å². The maximum atomic E-state index is 13.1. The standard InChI is InChI=1S/C26H31N5O2/c1-17(27-24(32)23-16-22(19-10-11-19)30-31(23)26(2,3)4)18-12-14-21(15-13-18)29-25(33)28-20-8-6-5-7-9-20/h5-9,12-17,19H,10-11H2,1-4H3,(H,27,32)(H2,28,29,33). The van der Waals surface area contributed by atoms with Gasteiger partial charge in [0.2, 0.25) is 0 Å². The second kappa shape index (κ2) is 9.10. The number of nitrogens with one attached hydrogen (secondary N) is 3. The number of aromatic nitrogens is 2. The molecule has 0 spiro atoms. The van der Waals surface area contributed by atoms with Crippen LogP contribution in [-0.2, 0) is 5.54 Å². The van der Waals surface area contributed by atoms with Crippen molar-refractivity contribution in [3.05, 3.63) is 77.6 Å². The van der Waals surface area contributed by atoms with E-state index in [1.807, 2.05) is 72.3 Å². The summed E-state index contributed by atoms with van der Waals surface area (Å²) in [5.74, 6) is 0.345. The van der Waals surface area contributed by atoms with Crippen LogP contribution in [0, 0.1) is 0 Å². The summed E-state index contributed by atoms with van der Waals surface area (Å²) in [7, 11) is 0. The molecule has 0 bridgehead atoms. The van der Waals surface area contributed by atoms with E-state index in [2.05, 4.69) is 36.7 Å². The van der Waals surface area contributed by atoms with Gasteiger partial charge in [-0.1, -0.05) is 30.3 Å². The molecule has 1 unspecified atom stereocenters. The van der Waals surface area contributed by atoms with Gasteiger partial charge in [0.25, 0.3) is 5.91 Å². The van der Waals surface area contributed by atoms with Crippen molar-refractivity contribution >= 4 is 23.3 Å². The van der Waals surface area contributed by atoms with E-state index in [9.17, 15) is 9.59 Å². The molecule has 1 saturated carbocycles. The van der Waals surface area contributed by atoms with Gasteiger partial charge in [-0.25, -0.2) is 4.79 Å². The first-order valence-corrected chi connectivity index (χ1v) is 11.3. The van der Waals surface area contributed by atoms with Crippen LogP contribution in [0.2, 0.25) is 0 Å². The van der Waals surface area contributed by atoms with Gasteiger partial charge in [-0.05, 0) is 76.4 Å². The van der Waals surface area contributed by atoms with Crippen LogP contribution in [0.4, 0.5) is 16.2 Å². The zero-order valence-corrected chi connectivity index (χ0v) is 19.6. The van der Waals surface area contributed by atoms with E-state index in [0.717, 1.165) is 29.8 Å². The second-order valence-electron chi connectivity index (χ2n) is 9.57. The Labute approximate surface area is 194 Å². The molecule has 3 aromatic rings. The van der Waals surface area contributed by atoms with Crippen LogP contribution < -0.4 is 16.0 Å². The van der Waals surface area contributed by atoms with Gasteiger partial charge in [0, 0.05) is 17.3 Å². The molecule has 1 fully saturated rings. The van der Waals surface area contributed by atoms with Crippen molar-refractivity contribution in [2.24, 2.45) is 0 Å². The third-order valence-corrected chi connectivity index (χ3v) is 5.64. The Kier molecular flexibility index (Phi) is 6.22. The number of carbonyl (C=O) groups is 2. The number of hydrogen-bond donors (Lipinski definition) is 3. The molecule has 3 amide bonds. The Balaban J connectivity index is 1.39. The van der Waals surface area contributed by atoms with Crippen molar-refractivity contribution in [3.8, 4) is 0 Å². The smallest absolute Gasteiger partial charge is 0.323 e. The summed E-state index contributed by atoms with van der Waals surface area (Å²) in [6.45, 7) is 8.10. The van der Waals surface area contributed by atoms with Crippen LogP contribution in [0.15, 0.2) is 60.7 Å². The van der Waals surface area contributed by atoms with Gasteiger partial charge in [-0.3, -0.25) is 9.48 Å². The minimum absolute atomic E-state index is 0.138. The Bertz CT molecular complexity index is 1130. The monoisotopic (exact) mass is 445 g/mol. The molecule has 7 heteroatoms. The highest BCUT2D eigenvalue weighted by atomic mass is 16.2. The van der Waals surface area contributed by atoms with Gasteiger partial charge >= 0.3 is 6.03 Å². The molecule has 172 valence electrons. The average Bonchev–Trinajstić information content (AvgIpc) is 3.51. The molecule has 0 aliphatic heterocycles. The Morgan fingerprint density at radius 3 is 2.15 bits per heavy atom. The molecule has 1 heterocycles. The lowest BCUT2D eigenvalue weighted by Crippen LogP contribution is -2.33. The fraction of sp³-hybridized carbons (Fsp3) is 0.346. The Morgan fingerprint density at radius 1 is 0.970 bits per heavy atom. The molecular weight excluding hydrogens is 414 g/mol. The second-order valence-corrected chi connectivity index (χ2v) is 9.57. The first-order valence-electron chi connectivity index (χ1n) is 11.3. The van der Waals surface area contributed by atoms with Crippen molar-refractivity contribution in [3.63, 3.8) is 0 Å². The maximum absolute atomic E-state index is 13.1.